The van der Waals surface area contributed by atoms with Crippen LogP contribution >= 0.6 is 0 Å². The Kier molecular flexibility index (Phi) is 4.43. The van der Waals surface area contributed by atoms with Crippen LogP contribution in [0.2, 0.25) is 0 Å². The van der Waals surface area contributed by atoms with Crippen LogP contribution in [0.3, 0.4) is 0 Å². The monoisotopic (exact) mass is 399 g/mol. The Bertz CT molecular complexity index is 1200. The Morgan fingerprint density at radius 1 is 1.03 bits per heavy atom. The highest BCUT2D eigenvalue weighted by Gasteiger charge is 2.41. The van der Waals surface area contributed by atoms with Crippen molar-refractivity contribution in [1.82, 2.24) is 24.3 Å². The number of fused-ring (bicyclic) bond motifs is 1. The van der Waals surface area contributed by atoms with Gasteiger partial charge in [0.1, 0.15) is 11.3 Å². The number of imidazole rings is 1. The number of hydrogen-bond donors (Lipinski definition) is 1. The Morgan fingerprint density at radius 2 is 1.80 bits per heavy atom. The maximum atomic E-state index is 12.9. The van der Waals surface area contributed by atoms with E-state index in [0.29, 0.717) is 13.1 Å². The first-order valence-electron chi connectivity index (χ1n) is 9.99. The van der Waals surface area contributed by atoms with Crippen LogP contribution in [0.1, 0.15) is 34.6 Å². The molecule has 1 fully saturated rings. The van der Waals surface area contributed by atoms with Gasteiger partial charge in [-0.2, -0.15) is 0 Å². The molecule has 4 heterocycles. The van der Waals surface area contributed by atoms with Crippen LogP contribution in [0.15, 0.2) is 78.1 Å². The number of amides is 1. The molecular weight excluding hydrogens is 378 g/mol. The van der Waals surface area contributed by atoms with E-state index in [4.69, 9.17) is 4.98 Å². The minimum Gasteiger partial charge on any atom is -0.337 e. The molecule has 7 nitrogen and oxygen atoms in total. The zero-order valence-electron chi connectivity index (χ0n) is 16.4. The molecule has 3 aromatic heterocycles. The third-order valence-electron chi connectivity index (χ3n) is 5.98. The van der Waals surface area contributed by atoms with Gasteiger partial charge in [-0.15, -0.1) is 0 Å². The molecule has 0 radical (unpaired) electrons. The number of likely N-dealkylation sites (tertiary alicyclic amines) is 1. The molecule has 30 heavy (non-hydrogen) atoms. The van der Waals surface area contributed by atoms with Crippen molar-refractivity contribution in [2.45, 2.75) is 18.3 Å². The molecule has 0 spiro atoms. The van der Waals surface area contributed by atoms with Crippen LogP contribution in [-0.4, -0.2) is 43.2 Å². The van der Waals surface area contributed by atoms with Crippen molar-refractivity contribution < 1.29 is 4.79 Å². The lowest BCUT2D eigenvalue weighted by Gasteiger charge is -2.41. The number of aromatic amines is 1. The lowest BCUT2D eigenvalue weighted by molar-refractivity contribution is 0.0677. The van der Waals surface area contributed by atoms with Crippen LogP contribution in [0, 0.1) is 0 Å². The molecule has 1 aliphatic rings. The highest BCUT2D eigenvalue weighted by Crippen LogP contribution is 2.41. The molecule has 4 aromatic rings. The second kappa shape index (κ2) is 7.26. The van der Waals surface area contributed by atoms with Gasteiger partial charge in [0.05, 0.1) is 11.9 Å². The SMILES string of the molecule is O=C(c1c[nH]c(=O)cn1)N1CCC(c2ccccc2)(c2cn3ccccc3n2)CC1. The number of H-pyrrole nitrogens is 1. The third-order valence-corrected chi connectivity index (χ3v) is 5.98. The van der Waals surface area contributed by atoms with Gasteiger partial charge in [0.25, 0.3) is 11.5 Å². The maximum Gasteiger partial charge on any atom is 0.273 e. The number of benzene rings is 1. The van der Waals surface area contributed by atoms with E-state index < -0.39 is 0 Å². The van der Waals surface area contributed by atoms with E-state index in [1.165, 1.54) is 11.8 Å². The van der Waals surface area contributed by atoms with Gasteiger partial charge < -0.3 is 14.3 Å². The number of aromatic nitrogens is 4. The number of pyridine rings is 1. The number of nitrogens with zero attached hydrogens (tertiary/aromatic N) is 4. The first kappa shape index (κ1) is 18.3. The highest BCUT2D eigenvalue weighted by molar-refractivity contribution is 5.92. The van der Waals surface area contributed by atoms with E-state index in [2.05, 4.69) is 40.4 Å². The molecule has 1 aliphatic heterocycles. The summed E-state index contributed by atoms with van der Waals surface area (Å²) in [7, 11) is 0. The van der Waals surface area contributed by atoms with Gasteiger partial charge in [0.15, 0.2) is 0 Å². The molecule has 1 saturated heterocycles. The fraction of sp³-hybridized carbons (Fsp3) is 0.217. The third kappa shape index (κ3) is 3.08. The lowest BCUT2D eigenvalue weighted by atomic mass is 9.70. The molecule has 0 unspecified atom stereocenters. The minimum atomic E-state index is -0.319. The number of rotatable bonds is 3. The predicted molar refractivity (Wildman–Crippen MR) is 112 cm³/mol. The summed E-state index contributed by atoms with van der Waals surface area (Å²) in [5.74, 6) is -0.164. The lowest BCUT2D eigenvalue weighted by Crippen LogP contribution is -2.46. The minimum absolute atomic E-state index is 0.164. The van der Waals surface area contributed by atoms with Crippen LogP contribution in [0.4, 0.5) is 0 Å². The van der Waals surface area contributed by atoms with Crippen molar-refractivity contribution in [3.63, 3.8) is 0 Å². The molecule has 0 saturated carbocycles. The molecule has 1 N–H and O–H groups in total. The zero-order valence-corrected chi connectivity index (χ0v) is 16.4. The van der Waals surface area contributed by atoms with Gasteiger partial charge in [-0.25, -0.2) is 9.97 Å². The van der Waals surface area contributed by atoms with Gasteiger partial charge in [-0.1, -0.05) is 36.4 Å². The summed E-state index contributed by atoms with van der Waals surface area (Å²) in [4.78, 5) is 37.3. The normalized spacial score (nSPS) is 15.9. The van der Waals surface area contributed by atoms with Crippen molar-refractivity contribution in [2.24, 2.45) is 0 Å². The van der Waals surface area contributed by atoms with Gasteiger partial charge in [0.2, 0.25) is 0 Å². The number of hydrogen-bond acceptors (Lipinski definition) is 4. The fourth-order valence-corrected chi connectivity index (χ4v) is 4.33. The first-order chi connectivity index (χ1) is 14.7. The Morgan fingerprint density at radius 3 is 2.50 bits per heavy atom. The quantitative estimate of drug-likeness (QED) is 0.574. The number of carbonyl (C=O) groups excluding carboxylic acids is 1. The highest BCUT2D eigenvalue weighted by atomic mass is 16.2. The van der Waals surface area contributed by atoms with Gasteiger partial charge in [-0.3, -0.25) is 9.59 Å². The standard InChI is InChI=1S/C23H21N5O2/c29-21-15-24-18(14-25-21)22(30)27-12-9-23(10-13-27,17-6-2-1-3-7-17)19-16-28-11-5-4-8-20(28)26-19/h1-8,11,14-16H,9-10,12-13H2,(H,25,29). The van der Waals surface area contributed by atoms with Crippen molar-refractivity contribution in [3.05, 3.63) is 101 Å². The van der Waals surface area contributed by atoms with Gasteiger partial charge >= 0.3 is 0 Å². The average molecular weight is 399 g/mol. The first-order valence-corrected chi connectivity index (χ1v) is 9.99. The molecule has 0 atom stereocenters. The van der Waals surface area contributed by atoms with E-state index in [-0.39, 0.29) is 22.6 Å². The molecule has 7 heteroatoms. The van der Waals surface area contributed by atoms with Crippen molar-refractivity contribution >= 4 is 11.6 Å². The maximum absolute atomic E-state index is 12.9. The van der Waals surface area contributed by atoms with Crippen LogP contribution in [0.25, 0.3) is 5.65 Å². The molecule has 1 amide bonds. The average Bonchev–Trinajstić information content (AvgIpc) is 3.25. The van der Waals surface area contributed by atoms with Crippen molar-refractivity contribution in [1.29, 1.82) is 0 Å². The van der Waals surface area contributed by atoms with Gasteiger partial charge in [0, 0.05) is 37.1 Å². The molecule has 0 aliphatic carbocycles. The number of piperidine rings is 1. The summed E-state index contributed by atoms with van der Waals surface area (Å²) < 4.78 is 2.04. The van der Waals surface area contributed by atoms with Crippen molar-refractivity contribution in [3.8, 4) is 0 Å². The van der Waals surface area contributed by atoms with Crippen molar-refractivity contribution in [2.75, 3.05) is 13.1 Å². The molecule has 150 valence electrons. The Balaban J connectivity index is 1.48. The van der Waals surface area contributed by atoms with Gasteiger partial charge in [-0.05, 0) is 30.5 Å². The smallest absolute Gasteiger partial charge is 0.273 e. The molecule has 0 bridgehead atoms. The molecule has 5 rings (SSSR count). The zero-order chi connectivity index (χ0) is 20.6. The molecular formula is C23H21N5O2. The fourth-order valence-electron chi connectivity index (χ4n) is 4.33. The summed E-state index contributed by atoms with van der Waals surface area (Å²) in [6.07, 6.45) is 8.15. The Hall–Kier alpha value is -3.74. The van der Waals surface area contributed by atoms with Crippen LogP contribution < -0.4 is 5.56 Å². The Labute approximate surface area is 173 Å². The molecule has 1 aromatic carbocycles. The van der Waals surface area contributed by atoms with E-state index in [1.807, 2.05) is 34.9 Å². The summed E-state index contributed by atoms with van der Waals surface area (Å²) in [6, 6.07) is 16.4. The van der Waals surface area contributed by atoms with Crippen LogP contribution in [-0.2, 0) is 5.41 Å². The summed E-state index contributed by atoms with van der Waals surface area (Å²) in [6.45, 7) is 1.17. The topological polar surface area (TPSA) is 83.4 Å². The largest absolute Gasteiger partial charge is 0.337 e. The predicted octanol–water partition coefficient (Wildman–Crippen LogP) is 2.64. The van der Waals surface area contributed by atoms with E-state index in [1.54, 1.807) is 4.90 Å². The van der Waals surface area contributed by atoms with E-state index in [0.717, 1.165) is 30.4 Å². The number of carbonyl (C=O) groups is 1. The van der Waals surface area contributed by atoms with E-state index >= 15 is 0 Å². The summed E-state index contributed by atoms with van der Waals surface area (Å²) in [5, 5.41) is 0. The van der Waals surface area contributed by atoms with Crippen LogP contribution in [0.5, 0.6) is 0 Å². The second-order valence-corrected chi connectivity index (χ2v) is 7.63. The number of nitrogens with one attached hydrogen (secondary N) is 1. The summed E-state index contributed by atoms with van der Waals surface area (Å²) in [5.41, 5.74) is 2.83. The summed E-state index contributed by atoms with van der Waals surface area (Å²) >= 11 is 0. The van der Waals surface area contributed by atoms with E-state index in [9.17, 15) is 9.59 Å². The second-order valence-electron chi connectivity index (χ2n) is 7.63.